The van der Waals surface area contributed by atoms with Gasteiger partial charge in [-0.1, -0.05) is 18.2 Å². The molecular weight excluding hydrogens is 440 g/mol. The summed E-state index contributed by atoms with van der Waals surface area (Å²) in [6.07, 6.45) is 0.304. The van der Waals surface area contributed by atoms with Gasteiger partial charge in [0.25, 0.3) is 5.91 Å². The number of hydrogen-bond donors (Lipinski definition) is 1. The third-order valence-corrected chi connectivity index (χ3v) is 6.95. The SMILES string of the molecule is CN(CC(=O)NCCCS(=O)(=O)c1ccccc1)C(=O)c1ccc(Br)s1. The van der Waals surface area contributed by atoms with E-state index in [1.54, 1.807) is 49.5 Å². The number of benzene rings is 1. The monoisotopic (exact) mass is 458 g/mol. The lowest BCUT2D eigenvalue weighted by Crippen LogP contribution is -2.38. The summed E-state index contributed by atoms with van der Waals surface area (Å²) in [6.45, 7) is 0.150. The number of nitrogens with one attached hydrogen (secondary N) is 1. The van der Waals surface area contributed by atoms with Crippen LogP contribution in [0.15, 0.2) is 51.1 Å². The van der Waals surface area contributed by atoms with Gasteiger partial charge < -0.3 is 10.2 Å². The van der Waals surface area contributed by atoms with Crippen molar-refractivity contribution in [3.63, 3.8) is 0 Å². The van der Waals surface area contributed by atoms with E-state index in [0.29, 0.717) is 11.3 Å². The van der Waals surface area contributed by atoms with Crippen molar-refractivity contribution in [1.29, 1.82) is 0 Å². The van der Waals surface area contributed by atoms with Gasteiger partial charge in [-0.3, -0.25) is 9.59 Å². The average molecular weight is 459 g/mol. The molecule has 0 aliphatic carbocycles. The minimum Gasteiger partial charge on any atom is -0.355 e. The van der Waals surface area contributed by atoms with Crippen molar-refractivity contribution >= 4 is 48.9 Å². The predicted octanol–water partition coefficient (Wildman–Crippen LogP) is 2.56. The van der Waals surface area contributed by atoms with Crippen molar-refractivity contribution in [1.82, 2.24) is 10.2 Å². The minimum absolute atomic E-state index is 0.0463. The van der Waals surface area contributed by atoms with Gasteiger partial charge in [-0.2, -0.15) is 0 Å². The zero-order valence-electron chi connectivity index (χ0n) is 14.1. The molecule has 6 nitrogen and oxygen atoms in total. The highest BCUT2D eigenvalue weighted by atomic mass is 79.9. The van der Waals surface area contributed by atoms with Crippen molar-refractivity contribution in [2.45, 2.75) is 11.3 Å². The van der Waals surface area contributed by atoms with Crippen LogP contribution in [-0.2, 0) is 14.6 Å². The van der Waals surface area contributed by atoms with Crippen LogP contribution in [0.2, 0.25) is 0 Å². The van der Waals surface area contributed by atoms with Crippen LogP contribution in [0, 0.1) is 0 Å². The third-order valence-electron chi connectivity index (χ3n) is 3.53. The number of sulfone groups is 1. The number of hydrogen-bond acceptors (Lipinski definition) is 5. The summed E-state index contributed by atoms with van der Waals surface area (Å²) in [5, 5.41) is 2.65. The second-order valence-corrected chi connectivity index (χ2v) is 10.2. The normalized spacial score (nSPS) is 11.2. The van der Waals surface area contributed by atoms with E-state index in [1.807, 2.05) is 0 Å². The molecule has 0 radical (unpaired) electrons. The van der Waals surface area contributed by atoms with Gasteiger partial charge in [-0.15, -0.1) is 11.3 Å². The lowest BCUT2D eigenvalue weighted by molar-refractivity contribution is -0.121. The van der Waals surface area contributed by atoms with E-state index in [1.165, 1.54) is 16.2 Å². The zero-order chi connectivity index (χ0) is 19.2. The molecule has 1 N–H and O–H groups in total. The summed E-state index contributed by atoms with van der Waals surface area (Å²) >= 11 is 4.60. The second-order valence-electron chi connectivity index (χ2n) is 5.60. The molecule has 2 amide bonds. The van der Waals surface area contributed by atoms with E-state index in [-0.39, 0.29) is 35.6 Å². The fourth-order valence-electron chi connectivity index (χ4n) is 2.20. The van der Waals surface area contributed by atoms with Gasteiger partial charge in [0.05, 0.1) is 25.9 Å². The molecular formula is C17H19BrN2O4S2. The number of carbonyl (C=O) groups is 2. The maximum atomic E-state index is 12.2. The van der Waals surface area contributed by atoms with Crippen LogP contribution in [0.3, 0.4) is 0 Å². The van der Waals surface area contributed by atoms with E-state index < -0.39 is 9.84 Å². The predicted molar refractivity (Wildman–Crippen MR) is 105 cm³/mol. The Kier molecular flexibility index (Phi) is 7.36. The van der Waals surface area contributed by atoms with Gasteiger partial charge in [-0.25, -0.2) is 8.42 Å². The first kappa shape index (κ1) is 20.6. The molecule has 0 unspecified atom stereocenters. The highest BCUT2D eigenvalue weighted by Gasteiger charge is 2.17. The topological polar surface area (TPSA) is 83.6 Å². The van der Waals surface area contributed by atoms with Gasteiger partial charge in [0.15, 0.2) is 9.84 Å². The molecule has 0 spiro atoms. The van der Waals surface area contributed by atoms with Crippen LogP contribution >= 0.6 is 27.3 Å². The largest absolute Gasteiger partial charge is 0.355 e. The Hall–Kier alpha value is -1.71. The fourth-order valence-corrected chi connectivity index (χ4v) is 4.91. The Morgan fingerprint density at radius 2 is 1.85 bits per heavy atom. The van der Waals surface area contributed by atoms with Gasteiger partial charge >= 0.3 is 0 Å². The van der Waals surface area contributed by atoms with Crippen molar-refractivity contribution in [2.24, 2.45) is 0 Å². The number of amides is 2. The molecule has 0 fully saturated rings. The molecule has 2 rings (SSSR count). The van der Waals surface area contributed by atoms with Crippen LogP contribution < -0.4 is 5.32 Å². The standard InChI is InChI=1S/C17H19BrN2O4S2/c1-20(17(22)14-8-9-15(18)25-14)12-16(21)19-10-5-11-26(23,24)13-6-3-2-4-7-13/h2-4,6-9H,5,10-12H2,1H3,(H,19,21). The smallest absolute Gasteiger partial charge is 0.264 e. The molecule has 1 heterocycles. The van der Waals surface area contributed by atoms with Crippen LogP contribution in [0.5, 0.6) is 0 Å². The van der Waals surface area contributed by atoms with Crippen molar-refractivity contribution in [3.8, 4) is 0 Å². The number of thiophene rings is 1. The zero-order valence-corrected chi connectivity index (χ0v) is 17.4. The van der Waals surface area contributed by atoms with E-state index in [0.717, 1.165) is 3.79 Å². The van der Waals surface area contributed by atoms with Gasteiger partial charge in [0.2, 0.25) is 5.91 Å². The van der Waals surface area contributed by atoms with Crippen molar-refractivity contribution in [3.05, 3.63) is 51.1 Å². The summed E-state index contributed by atoms with van der Waals surface area (Å²) in [6, 6.07) is 11.7. The number of halogens is 1. The highest BCUT2D eigenvalue weighted by molar-refractivity contribution is 9.11. The lowest BCUT2D eigenvalue weighted by Gasteiger charge is -2.15. The Morgan fingerprint density at radius 3 is 2.46 bits per heavy atom. The summed E-state index contributed by atoms with van der Waals surface area (Å²) in [5.74, 6) is -0.606. The van der Waals surface area contributed by atoms with Crippen LogP contribution in [0.4, 0.5) is 0 Å². The van der Waals surface area contributed by atoms with Crippen molar-refractivity contribution in [2.75, 3.05) is 25.9 Å². The molecule has 0 bridgehead atoms. The number of carbonyl (C=O) groups excluding carboxylic acids is 2. The maximum Gasteiger partial charge on any atom is 0.264 e. The number of likely N-dealkylation sites (N-methyl/N-ethyl adjacent to an activating group) is 1. The first-order valence-electron chi connectivity index (χ1n) is 7.85. The van der Waals surface area contributed by atoms with E-state index >= 15 is 0 Å². The van der Waals surface area contributed by atoms with Crippen LogP contribution in [-0.4, -0.2) is 51.0 Å². The quantitative estimate of drug-likeness (QED) is 0.616. The van der Waals surface area contributed by atoms with Gasteiger partial charge in [-0.05, 0) is 46.6 Å². The first-order valence-corrected chi connectivity index (χ1v) is 11.1. The molecule has 0 aliphatic rings. The molecule has 1 aromatic heterocycles. The average Bonchev–Trinajstić information content (AvgIpc) is 3.05. The molecule has 0 atom stereocenters. The number of rotatable bonds is 8. The summed E-state index contributed by atoms with van der Waals surface area (Å²) in [4.78, 5) is 26.2. The van der Waals surface area contributed by atoms with Crippen molar-refractivity contribution < 1.29 is 18.0 Å². The summed E-state index contributed by atoms with van der Waals surface area (Å²) < 4.78 is 25.1. The molecule has 2 aromatic rings. The van der Waals surface area contributed by atoms with Crippen LogP contribution in [0.25, 0.3) is 0 Å². The molecule has 0 saturated carbocycles. The minimum atomic E-state index is -3.35. The van der Waals surface area contributed by atoms with E-state index in [9.17, 15) is 18.0 Å². The Bertz CT molecular complexity index is 866. The molecule has 9 heteroatoms. The highest BCUT2D eigenvalue weighted by Crippen LogP contribution is 2.22. The Morgan fingerprint density at radius 1 is 1.15 bits per heavy atom. The second kappa shape index (κ2) is 9.29. The number of nitrogens with zero attached hydrogens (tertiary/aromatic N) is 1. The van der Waals surface area contributed by atoms with Gasteiger partial charge in [0.1, 0.15) is 0 Å². The summed E-state index contributed by atoms with van der Waals surface area (Å²) in [5.41, 5.74) is 0. The first-order chi connectivity index (χ1) is 12.3. The molecule has 0 aliphatic heterocycles. The maximum absolute atomic E-state index is 12.2. The summed E-state index contributed by atoms with van der Waals surface area (Å²) in [7, 11) is -1.80. The third kappa shape index (κ3) is 5.93. The molecule has 26 heavy (non-hydrogen) atoms. The Balaban J connectivity index is 1.74. The fraction of sp³-hybridized carbons (Fsp3) is 0.294. The molecule has 1 aromatic carbocycles. The lowest BCUT2D eigenvalue weighted by atomic mass is 10.4. The van der Waals surface area contributed by atoms with Gasteiger partial charge in [0, 0.05) is 13.6 Å². The molecule has 0 saturated heterocycles. The van der Waals surface area contributed by atoms with E-state index in [4.69, 9.17) is 0 Å². The molecule has 140 valence electrons. The van der Waals surface area contributed by atoms with E-state index in [2.05, 4.69) is 21.2 Å². The Labute approximate surface area is 165 Å². The van der Waals surface area contributed by atoms with Crippen LogP contribution in [0.1, 0.15) is 16.1 Å².